The van der Waals surface area contributed by atoms with Crippen molar-refractivity contribution >= 4 is 19.3 Å². The minimum absolute atomic E-state index is 0.0630. The largest absolute Gasteiger partial charge is 0.363 e. The number of anilines is 1. The molecule has 53 heavy (non-hydrogen) atoms. The van der Waals surface area contributed by atoms with Gasteiger partial charge in [0.25, 0.3) is 5.91 Å². The van der Waals surface area contributed by atoms with Gasteiger partial charge in [0.2, 0.25) is 0 Å². The highest BCUT2D eigenvalue weighted by Crippen LogP contribution is 2.57. The standard InChI is InChI=1S/C42H44N3O7P/c1-30(2)51-53(48,52-31(3)4)39-26-25-36(45-28-27-38(44-41(45)47)43-40(46)32-17-9-5-10-18-32)37(50-39)29-49-42(33-19-11-6-12-20-33,34-21-13-7-14-22-34)35-23-15-8-16-24-35/h5-28,30-31,36-37,39H,29H2,1-4H3,(H,43,44,46,47)/t36-,37-,39?/m0/s1. The second-order valence-electron chi connectivity index (χ2n) is 13.2. The summed E-state index contributed by atoms with van der Waals surface area (Å²) in [5, 5.41) is 2.70. The van der Waals surface area contributed by atoms with E-state index in [1.165, 1.54) is 4.57 Å². The molecule has 1 aliphatic rings. The molecule has 0 radical (unpaired) electrons. The van der Waals surface area contributed by atoms with Gasteiger partial charge in [-0.05, 0) is 68.7 Å². The second-order valence-corrected chi connectivity index (χ2v) is 15.2. The number of hydrogen-bond acceptors (Lipinski definition) is 8. The number of amides is 1. The average Bonchev–Trinajstić information content (AvgIpc) is 3.16. The molecular weight excluding hydrogens is 689 g/mol. The first-order valence-corrected chi connectivity index (χ1v) is 19.3. The van der Waals surface area contributed by atoms with Crippen molar-refractivity contribution in [2.75, 3.05) is 11.9 Å². The molecule has 0 aliphatic carbocycles. The minimum atomic E-state index is -3.88. The van der Waals surface area contributed by atoms with Gasteiger partial charge in [0.1, 0.15) is 17.5 Å². The zero-order chi connectivity index (χ0) is 37.4. The molecule has 0 spiro atoms. The number of rotatable bonds is 14. The Balaban J connectivity index is 1.41. The summed E-state index contributed by atoms with van der Waals surface area (Å²) in [6, 6.07) is 39.2. The van der Waals surface area contributed by atoms with Crippen LogP contribution in [0.25, 0.3) is 0 Å². The summed E-state index contributed by atoms with van der Waals surface area (Å²) in [6.45, 7) is 7.06. The molecule has 1 aromatic heterocycles. The van der Waals surface area contributed by atoms with Crippen LogP contribution in [0.4, 0.5) is 5.82 Å². The van der Waals surface area contributed by atoms with Crippen molar-refractivity contribution in [3.8, 4) is 0 Å². The first kappa shape index (κ1) is 37.8. The van der Waals surface area contributed by atoms with Crippen molar-refractivity contribution in [2.24, 2.45) is 0 Å². The third kappa shape index (κ3) is 8.65. The Hall–Kier alpha value is -4.96. The van der Waals surface area contributed by atoms with Crippen LogP contribution in [0.2, 0.25) is 0 Å². The SMILES string of the molecule is CC(C)OP(=O)(OC(C)C)C1C=C[C@H](n2ccc(NC(=O)c3ccccc3)nc2=O)[C@H](COC(c2ccccc2)(c2ccccc2)c2ccccc2)O1. The number of carbonyl (C=O) groups is 1. The molecule has 1 N–H and O–H groups in total. The molecule has 274 valence electrons. The molecule has 0 bridgehead atoms. The third-order valence-electron chi connectivity index (χ3n) is 8.63. The molecule has 6 rings (SSSR count). The second kappa shape index (κ2) is 16.8. The first-order chi connectivity index (χ1) is 25.6. The Bertz CT molecular complexity index is 1980. The Morgan fingerprint density at radius 3 is 1.74 bits per heavy atom. The fourth-order valence-electron chi connectivity index (χ4n) is 6.42. The maximum absolute atomic E-state index is 14.4. The molecule has 5 aromatic rings. The van der Waals surface area contributed by atoms with Gasteiger partial charge in [-0.1, -0.05) is 115 Å². The lowest BCUT2D eigenvalue weighted by molar-refractivity contribution is -0.0881. The summed E-state index contributed by atoms with van der Waals surface area (Å²) in [5.41, 5.74) is 1.35. The zero-order valence-electron chi connectivity index (χ0n) is 30.1. The van der Waals surface area contributed by atoms with Crippen molar-refractivity contribution in [3.63, 3.8) is 0 Å². The summed E-state index contributed by atoms with van der Waals surface area (Å²) in [6.07, 6.45) is 3.19. The summed E-state index contributed by atoms with van der Waals surface area (Å²) >= 11 is 0. The van der Waals surface area contributed by atoms with Gasteiger partial charge in [0.05, 0.1) is 24.9 Å². The van der Waals surface area contributed by atoms with Gasteiger partial charge in [-0.2, -0.15) is 4.98 Å². The number of hydrogen-bond donors (Lipinski definition) is 1. The minimum Gasteiger partial charge on any atom is -0.358 e. The number of nitrogens with one attached hydrogen (secondary N) is 1. The number of benzene rings is 4. The van der Waals surface area contributed by atoms with Crippen molar-refractivity contribution in [1.29, 1.82) is 0 Å². The molecular formula is C42H44N3O7P. The van der Waals surface area contributed by atoms with Crippen LogP contribution in [0.15, 0.2) is 151 Å². The highest BCUT2D eigenvalue weighted by Gasteiger charge is 2.45. The van der Waals surface area contributed by atoms with Crippen LogP contribution >= 0.6 is 7.60 Å². The van der Waals surface area contributed by atoms with Gasteiger partial charge in [-0.25, -0.2) is 4.79 Å². The van der Waals surface area contributed by atoms with Crippen molar-refractivity contribution in [2.45, 2.75) is 63.5 Å². The molecule has 3 atom stereocenters. The predicted molar refractivity (Wildman–Crippen MR) is 205 cm³/mol. The van der Waals surface area contributed by atoms with E-state index in [2.05, 4.69) is 10.3 Å². The molecule has 1 amide bonds. The lowest BCUT2D eigenvalue weighted by Crippen LogP contribution is -2.44. The molecule has 1 aliphatic heterocycles. The van der Waals surface area contributed by atoms with Crippen molar-refractivity contribution in [1.82, 2.24) is 9.55 Å². The maximum atomic E-state index is 14.4. The molecule has 0 saturated heterocycles. The molecule has 0 saturated carbocycles. The summed E-state index contributed by atoms with van der Waals surface area (Å²) in [4.78, 5) is 30.7. The van der Waals surface area contributed by atoms with Gasteiger partial charge in [-0.15, -0.1) is 0 Å². The van der Waals surface area contributed by atoms with E-state index in [9.17, 15) is 14.2 Å². The summed E-state index contributed by atoms with van der Waals surface area (Å²) in [5.74, 6) is -1.39. The maximum Gasteiger partial charge on any atom is 0.363 e. The lowest BCUT2D eigenvalue weighted by Gasteiger charge is -2.40. The normalized spacial score (nSPS) is 17.6. The fourth-order valence-corrected chi connectivity index (χ4v) is 8.50. The van der Waals surface area contributed by atoms with Crippen molar-refractivity contribution in [3.05, 3.63) is 178 Å². The number of nitrogens with zero attached hydrogens (tertiary/aromatic N) is 2. The number of carbonyl (C=O) groups excluding carboxylic acids is 1. The Labute approximate surface area is 310 Å². The monoisotopic (exact) mass is 733 g/mol. The molecule has 0 fully saturated rings. The van der Waals surface area contributed by atoms with Gasteiger partial charge in [0, 0.05) is 11.8 Å². The Morgan fingerprint density at radius 1 is 0.774 bits per heavy atom. The lowest BCUT2D eigenvalue weighted by atomic mass is 9.80. The fraction of sp³-hybridized carbons (Fsp3) is 0.262. The van der Waals surface area contributed by atoms with Gasteiger partial charge >= 0.3 is 13.3 Å². The molecule has 11 heteroatoms. The smallest absolute Gasteiger partial charge is 0.358 e. The van der Waals surface area contributed by atoms with E-state index in [1.807, 2.05) is 97.1 Å². The summed E-state index contributed by atoms with van der Waals surface area (Å²) < 4.78 is 41.5. The van der Waals surface area contributed by atoms with Crippen LogP contribution in [-0.4, -0.2) is 46.2 Å². The van der Waals surface area contributed by atoms with E-state index in [-0.39, 0.29) is 12.4 Å². The van der Waals surface area contributed by atoms with Gasteiger partial charge in [0.15, 0.2) is 5.85 Å². The quantitative estimate of drug-likeness (QED) is 0.0688. The van der Waals surface area contributed by atoms with Gasteiger partial charge < -0.3 is 23.8 Å². The molecule has 2 heterocycles. The van der Waals surface area contributed by atoms with Crippen LogP contribution in [0, 0.1) is 0 Å². The molecule has 10 nitrogen and oxygen atoms in total. The van der Waals surface area contributed by atoms with Crippen LogP contribution in [0.3, 0.4) is 0 Å². The Kier molecular flexibility index (Phi) is 12.0. The van der Waals surface area contributed by atoms with E-state index in [0.29, 0.717) is 5.56 Å². The van der Waals surface area contributed by atoms with E-state index in [0.717, 1.165) is 16.7 Å². The van der Waals surface area contributed by atoms with Crippen LogP contribution in [-0.2, 0) is 28.7 Å². The van der Waals surface area contributed by atoms with Crippen LogP contribution in [0.5, 0.6) is 0 Å². The number of aromatic nitrogens is 2. The summed E-state index contributed by atoms with van der Waals surface area (Å²) in [7, 11) is -3.88. The third-order valence-corrected chi connectivity index (χ3v) is 11.0. The van der Waals surface area contributed by atoms with Crippen molar-refractivity contribution < 1.29 is 27.9 Å². The highest BCUT2D eigenvalue weighted by atomic mass is 31.2. The predicted octanol–water partition coefficient (Wildman–Crippen LogP) is 8.37. The topological polar surface area (TPSA) is 118 Å². The van der Waals surface area contributed by atoms with E-state index in [4.69, 9.17) is 18.5 Å². The first-order valence-electron chi connectivity index (χ1n) is 17.7. The van der Waals surface area contributed by atoms with Crippen LogP contribution in [0.1, 0.15) is 60.8 Å². The van der Waals surface area contributed by atoms with E-state index >= 15 is 0 Å². The molecule has 1 unspecified atom stereocenters. The average molecular weight is 734 g/mol. The molecule has 4 aromatic carbocycles. The van der Waals surface area contributed by atoms with Gasteiger partial charge in [-0.3, -0.25) is 13.9 Å². The van der Waals surface area contributed by atoms with E-state index < -0.39 is 55.0 Å². The van der Waals surface area contributed by atoms with Crippen LogP contribution < -0.4 is 11.0 Å². The number of ether oxygens (including phenoxy) is 2. The highest BCUT2D eigenvalue weighted by molar-refractivity contribution is 7.54. The Morgan fingerprint density at radius 2 is 1.26 bits per heavy atom. The van der Waals surface area contributed by atoms with E-state index in [1.54, 1.807) is 76.4 Å². The zero-order valence-corrected chi connectivity index (χ0v) is 31.0.